The molecule has 0 radical (unpaired) electrons. The number of ether oxygens (including phenoxy) is 3. The molecular weight excluding hydrogens is 613 g/mol. The van der Waals surface area contributed by atoms with Crippen LogP contribution in [0.2, 0.25) is 0 Å². The summed E-state index contributed by atoms with van der Waals surface area (Å²) in [6.07, 6.45) is 3.64. The number of carbonyl (C=O) groups is 1. The number of sulfone groups is 1. The number of phosphoric ester groups is 1. The fourth-order valence-corrected chi connectivity index (χ4v) is 6.46. The molecule has 246 valence electrons. The number of unbranched alkanes of at least 4 members (excludes halogenated alkanes) is 2. The molecule has 2 rings (SSSR count). The monoisotopic (exact) mass is 657 g/mol. The molecule has 0 amide bonds. The predicted molar refractivity (Wildman–Crippen MR) is 169 cm³/mol. The van der Waals surface area contributed by atoms with Crippen molar-refractivity contribution >= 4 is 35.2 Å². The van der Waals surface area contributed by atoms with Crippen molar-refractivity contribution in [1.29, 1.82) is 0 Å². The van der Waals surface area contributed by atoms with Crippen molar-refractivity contribution in [3.8, 4) is 17.2 Å². The zero-order valence-corrected chi connectivity index (χ0v) is 27.7. The molecule has 0 saturated carbocycles. The van der Waals surface area contributed by atoms with Gasteiger partial charge < -0.3 is 24.6 Å². The third-order valence-electron chi connectivity index (χ3n) is 6.26. The maximum atomic E-state index is 13.0. The van der Waals surface area contributed by atoms with Crippen LogP contribution in [-0.2, 0) is 45.1 Å². The summed E-state index contributed by atoms with van der Waals surface area (Å²) in [5.74, 6) is 0.874. The second-order valence-corrected chi connectivity index (χ2v) is 13.1. The van der Waals surface area contributed by atoms with E-state index >= 15 is 0 Å². The molecule has 0 aliphatic carbocycles. The highest BCUT2D eigenvalue weighted by Crippen LogP contribution is 2.49. The van der Waals surface area contributed by atoms with Crippen molar-refractivity contribution in [2.24, 2.45) is 0 Å². The molecule has 2 aromatic carbocycles. The number of ketones is 1. The van der Waals surface area contributed by atoms with Crippen LogP contribution in [0.5, 0.6) is 17.2 Å². The van der Waals surface area contributed by atoms with Crippen molar-refractivity contribution in [3.05, 3.63) is 52.4 Å². The van der Waals surface area contributed by atoms with E-state index in [4.69, 9.17) is 27.8 Å². The molecule has 0 aromatic heterocycles. The third kappa shape index (κ3) is 12.2. The summed E-state index contributed by atoms with van der Waals surface area (Å²) < 4.78 is 69.8. The number of anilines is 1. The Balaban J connectivity index is 1.96. The molecule has 12 nitrogen and oxygen atoms in total. The van der Waals surface area contributed by atoms with Gasteiger partial charge in [-0.05, 0) is 68.2 Å². The minimum atomic E-state index is -3.72. The Kier molecular flexibility index (Phi) is 15.9. The summed E-state index contributed by atoms with van der Waals surface area (Å²) in [6, 6.07) is 8.15. The number of hydrogen-bond acceptors (Lipinski definition) is 12. The van der Waals surface area contributed by atoms with E-state index in [0.29, 0.717) is 65.3 Å². The van der Waals surface area contributed by atoms with E-state index in [0.717, 1.165) is 5.41 Å². The predicted octanol–water partition coefficient (Wildman–Crippen LogP) is 5.53. The van der Waals surface area contributed by atoms with Crippen LogP contribution in [0, 0.1) is 0 Å². The van der Waals surface area contributed by atoms with Crippen molar-refractivity contribution in [3.63, 3.8) is 0 Å². The Labute approximate surface area is 260 Å². The fraction of sp³-hybridized carbons (Fsp3) is 0.500. The molecule has 14 heteroatoms. The van der Waals surface area contributed by atoms with E-state index in [-0.39, 0.29) is 44.5 Å². The topological polar surface area (TPSA) is 156 Å². The number of benzene rings is 2. The summed E-state index contributed by atoms with van der Waals surface area (Å²) in [7, 11) is -2.87. The number of nitrogens with one attached hydrogen (secondary N) is 1. The quantitative estimate of drug-likeness (QED) is 0.121. The maximum absolute atomic E-state index is 13.0. The van der Waals surface area contributed by atoms with Gasteiger partial charge in [0.05, 0.1) is 71.3 Å². The average Bonchev–Trinajstić information content (AvgIpc) is 3.00. The lowest BCUT2D eigenvalue weighted by molar-refractivity contribution is -0.117. The van der Waals surface area contributed by atoms with Crippen LogP contribution in [0.25, 0.3) is 6.08 Å². The lowest BCUT2D eigenvalue weighted by Crippen LogP contribution is -2.14. The average molecular weight is 658 g/mol. The van der Waals surface area contributed by atoms with Crippen LogP contribution in [0.4, 0.5) is 5.69 Å². The van der Waals surface area contributed by atoms with E-state index in [1.807, 2.05) is 0 Å². The summed E-state index contributed by atoms with van der Waals surface area (Å²) in [6.45, 7) is 3.85. The van der Waals surface area contributed by atoms with Gasteiger partial charge in [0.2, 0.25) is 0 Å². The van der Waals surface area contributed by atoms with Crippen LogP contribution in [-0.4, -0.2) is 67.0 Å². The van der Waals surface area contributed by atoms with Gasteiger partial charge in [0.15, 0.2) is 15.6 Å². The molecule has 0 heterocycles. The van der Waals surface area contributed by atoms with Crippen LogP contribution in [0.3, 0.4) is 0 Å². The largest absolute Gasteiger partial charge is 0.496 e. The highest BCUT2D eigenvalue weighted by atomic mass is 32.2. The van der Waals surface area contributed by atoms with Gasteiger partial charge in [-0.2, -0.15) is 0 Å². The van der Waals surface area contributed by atoms with Crippen LogP contribution in [0.1, 0.15) is 56.2 Å². The molecule has 0 fully saturated rings. The lowest BCUT2D eigenvalue weighted by atomic mass is 10.1. The molecular formula is C30H44NO11PS. The smallest absolute Gasteiger partial charge is 0.474 e. The molecule has 0 aliphatic heterocycles. The summed E-state index contributed by atoms with van der Waals surface area (Å²) >= 11 is 0. The number of Topliss-reactive ketones (excluding diaryl/α,β-unsaturated/α-hetero) is 1. The number of phosphoric acid groups is 1. The second-order valence-electron chi connectivity index (χ2n) is 9.54. The van der Waals surface area contributed by atoms with Crippen molar-refractivity contribution in [2.75, 3.05) is 53.0 Å². The zero-order chi connectivity index (χ0) is 32.6. The first-order chi connectivity index (χ1) is 21.0. The van der Waals surface area contributed by atoms with Gasteiger partial charge in [-0.25, -0.2) is 13.0 Å². The van der Waals surface area contributed by atoms with Crippen molar-refractivity contribution < 1.29 is 50.7 Å². The van der Waals surface area contributed by atoms with Gasteiger partial charge in [0, 0.05) is 11.8 Å². The van der Waals surface area contributed by atoms with E-state index in [1.165, 1.54) is 27.4 Å². The van der Waals surface area contributed by atoms with Crippen LogP contribution >= 0.6 is 7.82 Å². The maximum Gasteiger partial charge on any atom is 0.474 e. The Bertz CT molecular complexity index is 1360. The minimum absolute atomic E-state index is 0.0293. The summed E-state index contributed by atoms with van der Waals surface area (Å²) in [5, 5.41) is 13.6. The normalized spacial score (nSPS) is 12.0. The first kappa shape index (κ1) is 37.3. The van der Waals surface area contributed by atoms with E-state index in [9.17, 15) is 22.9 Å². The first-order valence-corrected chi connectivity index (χ1v) is 17.4. The SMILES string of the molecule is CCOP(=O)(OCC)OCCCCCC(=O)CNc1cc(CS(=O)(=O)/C=C/c2c(OC)cc(CO)cc2OC)ccc1OC. The van der Waals surface area contributed by atoms with Gasteiger partial charge >= 0.3 is 7.82 Å². The standard InChI is InChI=1S/C30H44NO11PS/c1-6-40-43(34,41-7-2)42-15-10-8-9-11-25(33)20-31-27-17-23(12-13-28(27)37-3)22-44(35,36)16-14-26-29(38-4)18-24(21-32)19-30(26)39-5/h12-14,16-19,31-32H,6-11,15,20-22H2,1-5H3/b16-14+. The van der Waals surface area contributed by atoms with Gasteiger partial charge in [0.1, 0.15) is 17.2 Å². The zero-order valence-electron chi connectivity index (χ0n) is 26.0. The highest BCUT2D eigenvalue weighted by molar-refractivity contribution is 7.93. The summed E-state index contributed by atoms with van der Waals surface area (Å²) in [4.78, 5) is 12.5. The van der Waals surface area contributed by atoms with Crippen LogP contribution in [0.15, 0.2) is 35.7 Å². The molecule has 2 aromatic rings. The Morgan fingerprint density at radius 2 is 1.52 bits per heavy atom. The minimum Gasteiger partial charge on any atom is -0.496 e. The number of carbonyl (C=O) groups excluding carboxylic acids is 1. The number of hydrogen-bond donors (Lipinski definition) is 2. The number of rotatable bonds is 22. The second kappa shape index (κ2) is 18.8. The van der Waals surface area contributed by atoms with Gasteiger partial charge in [-0.1, -0.05) is 12.5 Å². The highest BCUT2D eigenvalue weighted by Gasteiger charge is 2.24. The lowest BCUT2D eigenvalue weighted by Gasteiger charge is -2.16. The van der Waals surface area contributed by atoms with E-state index in [2.05, 4.69) is 5.32 Å². The van der Waals surface area contributed by atoms with Crippen LogP contribution < -0.4 is 19.5 Å². The number of aliphatic hydroxyl groups is 1. The van der Waals surface area contributed by atoms with Gasteiger partial charge in [0.25, 0.3) is 0 Å². The molecule has 0 atom stereocenters. The fourth-order valence-electron chi connectivity index (χ4n) is 4.17. The molecule has 2 N–H and O–H groups in total. The first-order valence-electron chi connectivity index (χ1n) is 14.3. The summed E-state index contributed by atoms with van der Waals surface area (Å²) in [5.41, 5.74) is 1.98. The molecule has 0 bridgehead atoms. The van der Waals surface area contributed by atoms with Crippen molar-refractivity contribution in [2.45, 2.75) is 51.9 Å². The molecule has 0 unspecified atom stereocenters. The third-order valence-corrected chi connectivity index (χ3v) is 9.19. The molecule has 44 heavy (non-hydrogen) atoms. The van der Waals surface area contributed by atoms with Gasteiger partial charge in [-0.15, -0.1) is 0 Å². The number of methoxy groups -OCH3 is 3. The molecule has 0 saturated heterocycles. The molecule has 0 aliphatic rings. The Hall–Kier alpha value is -2.93. The van der Waals surface area contributed by atoms with E-state index < -0.39 is 17.7 Å². The Morgan fingerprint density at radius 3 is 2.09 bits per heavy atom. The van der Waals surface area contributed by atoms with Crippen molar-refractivity contribution in [1.82, 2.24) is 0 Å². The molecule has 0 spiro atoms. The van der Waals surface area contributed by atoms with E-state index in [1.54, 1.807) is 44.2 Å². The van der Waals surface area contributed by atoms with Gasteiger partial charge in [-0.3, -0.25) is 18.4 Å². The Morgan fingerprint density at radius 1 is 0.886 bits per heavy atom. The number of aliphatic hydroxyl groups excluding tert-OH is 1.